The number of hydrogen-bond acceptors (Lipinski definition) is 4. The Morgan fingerprint density at radius 3 is 2.79 bits per heavy atom. The minimum atomic E-state index is -0.642. The highest BCUT2D eigenvalue weighted by Gasteiger charge is 2.18. The first-order chi connectivity index (χ1) is 8.97. The molecule has 0 bridgehead atoms. The Morgan fingerprint density at radius 1 is 1.42 bits per heavy atom. The molecule has 2 aromatic rings. The highest BCUT2D eigenvalue weighted by molar-refractivity contribution is 9.10. The monoisotopic (exact) mass is 326 g/mol. The van der Waals surface area contributed by atoms with Gasteiger partial charge < -0.3 is 4.74 Å². The third kappa shape index (κ3) is 3.05. The molecule has 0 aliphatic heterocycles. The number of ether oxygens (including phenoxy) is 1. The van der Waals surface area contributed by atoms with Gasteiger partial charge in [-0.1, -0.05) is 0 Å². The van der Waals surface area contributed by atoms with Crippen molar-refractivity contribution < 1.29 is 14.1 Å². The summed E-state index contributed by atoms with van der Waals surface area (Å²) in [4.78, 5) is 14.2. The molecule has 5 nitrogen and oxygen atoms in total. The van der Waals surface area contributed by atoms with Crippen LogP contribution in [0, 0.1) is 22.9 Å². The Morgan fingerprint density at radius 2 is 2.16 bits per heavy atom. The van der Waals surface area contributed by atoms with E-state index in [1.165, 1.54) is 0 Å². The summed E-state index contributed by atoms with van der Waals surface area (Å²) >= 11 is 3.23. The summed E-state index contributed by atoms with van der Waals surface area (Å²) in [5, 5.41) is 10.8. The van der Waals surface area contributed by atoms with Crippen molar-refractivity contribution in [2.24, 2.45) is 0 Å². The van der Waals surface area contributed by atoms with Gasteiger partial charge in [0.2, 0.25) is 11.6 Å². The van der Waals surface area contributed by atoms with Crippen LogP contribution in [-0.4, -0.2) is 9.91 Å². The zero-order chi connectivity index (χ0) is 14.0. The van der Waals surface area contributed by atoms with Crippen molar-refractivity contribution in [3.8, 4) is 11.6 Å². The molecular weight excluding hydrogens is 319 g/mol. The van der Waals surface area contributed by atoms with E-state index < -0.39 is 10.7 Å². The van der Waals surface area contributed by atoms with E-state index in [4.69, 9.17) is 4.74 Å². The van der Waals surface area contributed by atoms with Gasteiger partial charge in [-0.3, -0.25) is 10.1 Å². The summed E-state index contributed by atoms with van der Waals surface area (Å²) in [6, 6.07) is 4.74. The molecule has 1 aromatic carbocycles. The SMILES string of the molecule is Cc1cnc(Oc2cc(F)ccc2[N+](=O)[O-])c(Br)c1. The quantitative estimate of drug-likeness (QED) is 0.631. The van der Waals surface area contributed by atoms with Crippen LogP contribution in [0.4, 0.5) is 10.1 Å². The first kappa shape index (κ1) is 13.4. The standard InChI is InChI=1S/C12H8BrFN2O3/c1-7-4-9(13)12(15-6-7)19-11-5-8(14)2-3-10(11)16(17)18/h2-6H,1H3. The van der Waals surface area contributed by atoms with Gasteiger partial charge in [-0.05, 0) is 40.5 Å². The molecule has 0 N–H and O–H groups in total. The van der Waals surface area contributed by atoms with E-state index in [9.17, 15) is 14.5 Å². The molecule has 0 saturated heterocycles. The first-order valence-electron chi connectivity index (χ1n) is 5.21. The van der Waals surface area contributed by atoms with Crippen molar-refractivity contribution in [1.82, 2.24) is 4.98 Å². The van der Waals surface area contributed by atoms with Crippen molar-refractivity contribution in [1.29, 1.82) is 0 Å². The highest BCUT2D eigenvalue weighted by Crippen LogP contribution is 2.34. The average molecular weight is 327 g/mol. The van der Waals surface area contributed by atoms with Crippen LogP contribution in [0.3, 0.4) is 0 Å². The van der Waals surface area contributed by atoms with Gasteiger partial charge in [0.1, 0.15) is 5.82 Å². The minimum absolute atomic E-state index is 0.138. The third-order valence-electron chi connectivity index (χ3n) is 2.27. The Labute approximate surface area is 116 Å². The van der Waals surface area contributed by atoms with Gasteiger partial charge in [-0.2, -0.15) is 0 Å². The van der Waals surface area contributed by atoms with Crippen molar-refractivity contribution >= 4 is 21.6 Å². The van der Waals surface area contributed by atoms with Crippen molar-refractivity contribution in [3.63, 3.8) is 0 Å². The molecule has 0 saturated carbocycles. The summed E-state index contributed by atoms with van der Waals surface area (Å²) in [7, 11) is 0. The van der Waals surface area contributed by atoms with Crippen LogP contribution in [0.25, 0.3) is 0 Å². The minimum Gasteiger partial charge on any atom is -0.431 e. The number of nitro groups is 1. The summed E-state index contributed by atoms with van der Waals surface area (Å²) in [6.07, 6.45) is 1.55. The Kier molecular flexibility index (Phi) is 3.75. The first-order valence-corrected chi connectivity index (χ1v) is 6.00. The number of nitro benzene ring substituents is 1. The summed E-state index contributed by atoms with van der Waals surface area (Å²) in [5.74, 6) is -0.676. The lowest BCUT2D eigenvalue weighted by molar-refractivity contribution is -0.385. The van der Waals surface area contributed by atoms with Gasteiger partial charge in [0.25, 0.3) is 0 Å². The maximum Gasteiger partial charge on any atom is 0.311 e. The number of hydrogen-bond donors (Lipinski definition) is 0. The lowest BCUT2D eigenvalue weighted by Gasteiger charge is -2.07. The van der Waals surface area contributed by atoms with Crippen molar-refractivity contribution in [3.05, 3.63) is 56.4 Å². The molecule has 0 atom stereocenters. The molecule has 0 radical (unpaired) electrons. The van der Waals surface area contributed by atoms with E-state index in [1.54, 1.807) is 12.3 Å². The molecule has 19 heavy (non-hydrogen) atoms. The third-order valence-corrected chi connectivity index (χ3v) is 2.84. The maximum absolute atomic E-state index is 13.1. The zero-order valence-corrected chi connectivity index (χ0v) is 11.3. The molecule has 98 valence electrons. The fourth-order valence-corrected chi connectivity index (χ4v) is 1.97. The van der Waals surface area contributed by atoms with E-state index in [2.05, 4.69) is 20.9 Å². The number of rotatable bonds is 3. The predicted octanol–water partition coefficient (Wildman–Crippen LogP) is 3.99. The van der Waals surface area contributed by atoms with Crippen LogP contribution in [0.2, 0.25) is 0 Å². The van der Waals surface area contributed by atoms with Gasteiger partial charge in [0, 0.05) is 18.3 Å². The number of aromatic nitrogens is 1. The van der Waals surface area contributed by atoms with Gasteiger partial charge in [0.05, 0.1) is 9.40 Å². The number of pyridine rings is 1. The Balaban J connectivity index is 2.42. The van der Waals surface area contributed by atoms with Gasteiger partial charge in [-0.15, -0.1) is 0 Å². The molecule has 0 amide bonds. The lowest BCUT2D eigenvalue weighted by atomic mass is 10.3. The van der Waals surface area contributed by atoms with Gasteiger partial charge >= 0.3 is 5.69 Å². The predicted molar refractivity (Wildman–Crippen MR) is 69.8 cm³/mol. The normalized spacial score (nSPS) is 10.3. The largest absolute Gasteiger partial charge is 0.431 e. The second-order valence-corrected chi connectivity index (χ2v) is 4.63. The number of aryl methyl sites for hydroxylation is 1. The topological polar surface area (TPSA) is 65.3 Å². The van der Waals surface area contributed by atoms with Crippen LogP contribution in [0.5, 0.6) is 11.6 Å². The van der Waals surface area contributed by atoms with Crippen LogP contribution >= 0.6 is 15.9 Å². The molecule has 0 spiro atoms. The van der Waals surface area contributed by atoms with Crippen molar-refractivity contribution in [2.75, 3.05) is 0 Å². The van der Waals surface area contributed by atoms with E-state index in [1.807, 2.05) is 6.92 Å². The number of halogens is 2. The molecule has 0 aliphatic rings. The van der Waals surface area contributed by atoms with Crippen LogP contribution in [0.1, 0.15) is 5.56 Å². The van der Waals surface area contributed by atoms with Crippen LogP contribution < -0.4 is 4.74 Å². The summed E-state index contributed by atoms with van der Waals surface area (Å²) < 4.78 is 19.0. The van der Waals surface area contributed by atoms with Crippen LogP contribution in [-0.2, 0) is 0 Å². The second-order valence-electron chi connectivity index (χ2n) is 3.77. The van der Waals surface area contributed by atoms with E-state index in [0.29, 0.717) is 4.47 Å². The number of benzene rings is 1. The molecule has 0 aliphatic carbocycles. The average Bonchev–Trinajstić information content (AvgIpc) is 2.32. The smallest absolute Gasteiger partial charge is 0.311 e. The Bertz CT molecular complexity index is 649. The lowest BCUT2D eigenvalue weighted by Crippen LogP contribution is -1.96. The van der Waals surface area contributed by atoms with Gasteiger partial charge in [0.15, 0.2) is 0 Å². The Hall–Kier alpha value is -2.02. The maximum atomic E-state index is 13.1. The number of nitrogens with zero attached hydrogens (tertiary/aromatic N) is 2. The van der Waals surface area contributed by atoms with E-state index in [-0.39, 0.29) is 17.3 Å². The van der Waals surface area contributed by atoms with Crippen molar-refractivity contribution in [2.45, 2.75) is 6.92 Å². The fourth-order valence-electron chi connectivity index (χ4n) is 1.42. The van der Waals surface area contributed by atoms with Gasteiger partial charge in [-0.25, -0.2) is 9.37 Å². The zero-order valence-electron chi connectivity index (χ0n) is 9.76. The molecule has 2 rings (SSSR count). The van der Waals surface area contributed by atoms with E-state index in [0.717, 1.165) is 23.8 Å². The summed E-state index contributed by atoms with van der Waals surface area (Å²) in [5.41, 5.74) is 0.573. The van der Waals surface area contributed by atoms with Crippen LogP contribution in [0.15, 0.2) is 34.9 Å². The van der Waals surface area contributed by atoms with E-state index >= 15 is 0 Å². The second kappa shape index (κ2) is 5.31. The summed E-state index contributed by atoms with van der Waals surface area (Å²) in [6.45, 7) is 1.84. The molecular formula is C12H8BrFN2O3. The highest BCUT2D eigenvalue weighted by atomic mass is 79.9. The molecule has 1 aromatic heterocycles. The molecule has 0 unspecified atom stereocenters. The molecule has 1 heterocycles. The molecule has 7 heteroatoms. The molecule has 0 fully saturated rings. The fraction of sp³-hybridized carbons (Fsp3) is 0.0833.